The Balaban J connectivity index is 1.67. The van der Waals surface area contributed by atoms with E-state index in [2.05, 4.69) is 15.3 Å². The lowest BCUT2D eigenvalue weighted by Crippen LogP contribution is -2.43. The van der Waals surface area contributed by atoms with E-state index in [1.54, 1.807) is 37.3 Å². The molecular formula is C18H20N4O3. The molecule has 0 aromatic carbocycles. The average molecular weight is 340 g/mol. The number of aromatic nitrogens is 2. The second kappa shape index (κ2) is 6.98. The fourth-order valence-electron chi connectivity index (χ4n) is 2.83. The van der Waals surface area contributed by atoms with Crippen LogP contribution < -0.4 is 5.32 Å². The first kappa shape index (κ1) is 17.0. The lowest BCUT2D eigenvalue weighted by atomic mass is 10.2. The Bertz CT molecular complexity index is 808. The van der Waals surface area contributed by atoms with E-state index in [9.17, 15) is 14.7 Å². The molecule has 0 radical (unpaired) electrons. The summed E-state index contributed by atoms with van der Waals surface area (Å²) >= 11 is 0. The van der Waals surface area contributed by atoms with Crippen molar-refractivity contribution in [3.63, 3.8) is 0 Å². The van der Waals surface area contributed by atoms with Gasteiger partial charge in [0.05, 0.1) is 12.1 Å². The van der Waals surface area contributed by atoms with Crippen molar-refractivity contribution >= 4 is 11.8 Å². The maximum Gasteiger partial charge on any atom is 0.272 e. The summed E-state index contributed by atoms with van der Waals surface area (Å²) < 4.78 is 0. The van der Waals surface area contributed by atoms with Crippen molar-refractivity contribution < 1.29 is 14.7 Å². The molecule has 25 heavy (non-hydrogen) atoms. The first-order valence-electron chi connectivity index (χ1n) is 8.09. The monoisotopic (exact) mass is 340 g/mol. The zero-order valence-electron chi connectivity index (χ0n) is 14.1. The normalized spacial score (nSPS) is 19.7. The summed E-state index contributed by atoms with van der Waals surface area (Å²) in [6.45, 7) is 4.00. The maximum atomic E-state index is 12.5. The van der Waals surface area contributed by atoms with Crippen LogP contribution in [0.2, 0.25) is 0 Å². The number of aliphatic hydroxyl groups is 1. The van der Waals surface area contributed by atoms with Crippen molar-refractivity contribution in [2.75, 3.05) is 13.1 Å². The fraction of sp³-hybridized carbons (Fsp3) is 0.333. The molecule has 0 aliphatic carbocycles. The highest BCUT2D eigenvalue weighted by Crippen LogP contribution is 2.14. The van der Waals surface area contributed by atoms with Gasteiger partial charge in [-0.05, 0) is 38.1 Å². The SMILES string of the molecule is Cc1cccc(C(=O)N[C@@H]2CN(C(=O)c3cccc(C)n3)C[C@H]2O)n1. The van der Waals surface area contributed by atoms with E-state index in [1.807, 2.05) is 13.0 Å². The Morgan fingerprint density at radius 2 is 1.64 bits per heavy atom. The highest BCUT2D eigenvalue weighted by molar-refractivity contribution is 5.94. The van der Waals surface area contributed by atoms with Gasteiger partial charge >= 0.3 is 0 Å². The molecule has 1 saturated heterocycles. The molecule has 1 aliphatic rings. The van der Waals surface area contributed by atoms with Gasteiger partial charge in [-0.2, -0.15) is 0 Å². The molecule has 2 N–H and O–H groups in total. The molecule has 1 aliphatic heterocycles. The van der Waals surface area contributed by atoms with Gasteiger partial charge in [0.15, 0.2) is 0 Å². The number of likely N-dealkylation sites (tertiary alicyclic amines) is 1. The number of hydrogen-bond acceptors (Lipinski definition) is 5. The smallest absolute Gasteiger partial charge is 0.272 e. The van der Waals surface area contributed by atoms with Gasteiger partial charge in [-0.25, -0.2) is 9.97 Å². The molecule has 0 unspecified atom stereocenters. The summed E-state index contributed by atoms with van der Waals surface area (Å²) in [7, 11) is 0. The van der Waals surface area contributed by atoms with Gasteiger partial charge < -0.3 is 15.3 Å². The summed E-state index contributed by atoms with van der Waals surface area (Å²) in [5.74, 6) is -0.621. The molecule has 2 amide bonds. The minimum atomic E-state index is -0.831. The van der Waals surface area contributed by atoms with Gasteiger partial charge in [0, 0.05) is 24.5 Å². The van der Waals surface area contributed by atoms with Crippen LogP contribution >= 0.6 is 0 Å². The molecule has 2 aromatic heterocycles. The van der Waals surface area contributed by atoms with Gasteiger partial charge in [0.1, 0.15) is 11.4 Å². The minimum Gasteiger partial charge on any atom is -0.389 e. The molecule has 0 bridgehead atoms. The second-order valence-electron chi connectivity index (χ2n) is 6.19. The summed E-state index contributed by atoms with van der Waals surface area (Å²) in [6, 6.07) is 9.85. The van der Waals surface area contributed by atoms with Gasteiger partial charge in [-0.15, -0.1) is 0 Å². The van der Waals surface area contributed by atoms with E-state index < -0.39 is 12.1 Å². The molecule has 7 nitrogen and oxygen atoms in total. The van der Waals surface area contributed by atoms with Crippen molar-refractivity contribution in [1.82, 2.24) is 20.2 Å². The van der Waals surface area contributed by atoms with Crippen LogP contribution in [0.1, 0.15) is 32.4 Å². The molecule has 0 spiro atoms. The first-order valence-corrected chi connectivity index (χ1v) is 8.09. The van der Waals surface area contributed by atoms with E-state index in [-0.39, 0.29) is 30.6 Å². The van der Waals surface area contributed by atoms with Crippen LogP contribution in [0.4, 0.5) is 0 Å². The minimum absolute atomic E-state index is 0.153. The first-order chi connectivity index (χ1) is 11.9. The largest absolute Gasteiger partial charge is 0.389 e. The quantitative estimate of drug-likeness (QED) is 0.858. The fourth-order valence-corrected chi connectivity index (χ4v) is 2.83. The lowest BCUT2D eigenvalue weighted by molar-refractivity contribution is 0.0759. The van der Waals surface area contributed by atoms with Crippen LogP contribution in [-0.2, 0) is 0 Å². The molecule has 2 atom stereocenters. The third kappa shape index (κ3) is 3.83. The highest BCUT2D eigenvalue weighted by Gasteiger charge is 2.36. The van der Waals surface area contributed by atoms with Gasteiger partial charge in [-0.1, -0.05) is 12.1 Å². The van der Waals surface area contributed by atoms with Crippen molar-refractivity contribution in [2.45, 2.75) is 26.0 Å². The molecule has 3 rings (SSSR count). The number of nitrogens with one attached hydrogen (secondary N) is 1. The van der Waals surface area contributed by atoms with Crippen LogP contribution in [0.5, 0.6) is 0 Å². The van der Waals surface area contributed by atoms with Crippen molar-refractivity contribution in [2.24, 2.45) is 0 Å². The van der Waals surface area contributed by atoms with Crippen LogP contribution in [0.3, 0.4) is 0 Å². The van der Waals surface area contributed by atoms with E-state index >= 15 is 0 Å². The number of amides is 2. The van der Waals surface area contributed by atoms with Crippen LogP contribution in [-0.4, -0.2) is 57.0 Å². The van der Waals surface area contributed by atoms with E-state index in [0.717, 1.165) is 11.4 Å². The number of carbonyl (C=O) groups excluding carboxylic acids is 2. The Labute approximate surface area is 145 Å². The Morgan fingerprint density at radius 1 is 1.04 bits per heavy atom. The van der Waals surface area contributed by atoms with E-state index in [1.165, 1.54) is 4.90 Å². The molecule has 3 heterocycles. The highest BCUT2D eigenvalue weighted by atomic mass is 16.3. The number of aryl methyl sites for hydroxylation is 2. The number of hydrogen-bond donors (Lipinski definition) is 2. The lowest BCUT2D eigenvalue weighted by Gasteiger charge is -2.16. The summed E-state index contributed by atoms with van der Waals surface area (Å²) in [4.78, 5) is 34.7. The van der Waals surface area contributed by atoms with Crippen LogP contribution in [0.15, 0.2) is 36.4 Å². The van der Waals surface area contributed by atoms with E-state index in [0.29, 0.717) is 5.69 Å². The molecule has 0 saturated carbocycles. The Morgan fingerprint density at radius 3 is 2.28 bits per heavy atom. The maximum absolute atomic E-state index is 12.5. The second-order valence-corrected chi connectivity index (χ2v) is 6.19. The molecule has 1 fully saturated rings. The standard InChI is InChI=1S/C18H20N4O3/c1-11-5-3-7-13(19-11)17(24)21-15-9-22(10-16(15)23)18(25)14-8-4-6-12(2)20-14/h3-8,15-16,23H,9-10H2,1-2H3,(H,21,24)/t15-,16-/m1/s1. The topological polar surface area (TPSA) is 95.4 Å². The van der Waals surface area contributed by atoms with Gasteiger partial charge in [-0.3, -0.25) is 9.59 Å². The summed E-state index contributed by atoms with van der Waals surface area (Å²) in [6.07, 6.45) is -0.831. The van der Waals surface area contributed by atoms with Gasteiger partial charge in [0.2, 0.25) is 0 Å². The molecular weight excluding hydrogens is 320 g/mol. The zero-order chi connectivity index (χ0) is 18.0. The Hall–Kier alpha value is -2.80. The van der Waals surface area contributed by atoms with Crippen LogP contribution in [0.25, 0.3) is 0 Å². The zero-order valence-corrected chi connectivity index (χ0v) is 14.1. The number of rotatable bonds is 3. The Kier molecular flexibility index (Phi) is 4.76. The number of β-amino-alcohol motifs (C(OH)–C–C–N with tert-alkyl or cyclic N) is 1. The summed E-state index contributed by atoms with van der Waals surface area (Å²) in [5.41, 5.74) is 2.11. The van der Waals surface area contributed by atoms with Gasteiger partial charge in [0.25, 0.3) is 11.8 Å². The van der Waals surface area contributed by atoms with Crippen molar-refractivity contribution in [3.8, 4) is 0 Å². The van der Waals surface area contributed by atoms with E-state index in [4.69, 9.17) is 0 Å². The molecule has 130 valence electrons. The summed E-state index contributed by atoms with van der Waals surface area (Å²) in [5, 5.41) is 13.0. The average Bonchev–Trinajstić information content (AvgIpc) is 2.95. The third-order valence-electron chi connectivity index (χ3n) is 4.12. The number of pyridine rings is 2. The number of aliphatic hydroxyl groups excluding tert-OH is 1. The molecule has 2 aromatic rings. The predicted molar refractivity (Wildman–Crippen MR) is 91.1 cm³/mol. The predicted octanol–water partition coefficient (Wildman–Crippen LogP) is 0.709. The number of carbonyl (C=O) groups is 2. The third-order valence-corrected chi connectivity index (χ3v) is 4.12. The van der Waals surface area contributed by atoms with Crippen molar-refractivity contribution in [3.05, 3.63) is 59.2 Å². The molecule has 7 heteroatoms. The van der Waals surface area contributed by atoms with Crippen LogP contribution in [0, 0.1) is 13.8 Å². The van der Waals surface area contributed by atoms with Crippen molar-refractivity contribution in [1.29, 1.82) is 0 Å². The number of nitrogens with zero attached hydrogens (tertiary/aromatic N) is 3.